The van der Waals surface area contributed by atoms with Crippen molar-refractivity contribution in [3.63, 3.8) is 0 Å². The van der Waals surface area contributed by atoms with E-state index in [0.29, 0.717) is 0 Å². The van der Waals surface area contributed by atoms with Crippen molar-refractivity contribution in [2.45, 2.75) is 4.90 Å². The number of rotatable bonds is 5. The summed E-state index contributed by atoms with van der Waals surface area (Å²) >= 11 is 0. The van der Waals surface area contributed by atoms with Gasteiger partial charge in [0, 0.05) is 0 Å². The van der Waals surface area contributed by atoms with Crippen molar-refractivity contribution < 1.29 is 27.9 Å². The topological polar surface area (TPSA) is 136 Å². The number of carbonyl (C=O) groups is 2. The molecule has 2 amide bonds. The second kappa shape index (κ2) is 5.36. The summed E-state index contributed by atoms with van der Waals surface area (Å²) in [5, 5.41) is 8.38. The van der Waals surface area contributed by atoms with Crippen molar-refractivity contribution in [1.82, 2.24) is 4.72 Å². The summed E-state index contributed by atoms with van der Waals surface area (Å²) in [6.07, 6.45) is 0. The Bertz CT molecular complexity index is 551. The van der Waals surface area contributed by atoms with Crippen LogP contribution in [0.2, 0.25) is 0 Å². The molecule has 98 valence electrons. The Morgan fingerprint density at radius 1 is 1.28 bits per heavy atom. The predicted molar refractivity (Wildman–Crippen MR) is 59.5 cm³/mol. The monoisotopic (exact) mass is 274 g/mol. The molecule has 0 bridgehead atoms. The lowest BCUT2D eigenvalue weighted by atomic mass is 10.3. The molecule has 0 radical (unpaired) electrons. The van der Waals surface area contributed by atoms with E-state index in [9.17, 15) is 18.0 Å². The van der Waals surface area contributed by atoms with E-state index < -0.39 is 28.6 Å². The number of carbonyl (C=O) groups excluding carboxylic acids is 1. The highest BCUT2D eigenvalue weighted by molar-refractivity contribution is 7.90. The molecule has 0 saturated heterocycles. The summed E-state index contributed by atoms with van der Waals surface area (Å²) in [6.45, 7) is -0.536. The molecule has 0 atom stereocenters. The van der Waals surface area contributed by atoms with E-state index >= 15 is 0 Å². The van der Waals surface area contributed by atoms with Gasteiger partial charge < -0.3 is 15.6 Å². The van der Waals surface area contributed by atoms with Gasteiger partial charge in [-0.15, -0.1) is 0 Å². The zero-order chi connectivity index (χ0) is 13.8. The van der Waals surface area contributed by atoms with Gasteiger partial charge in [-0.1, -0.05) is 0 Å². The standard InChI is InChI=1S/C9H10N2O6S/c10-9(14)11-18(15,16)7-3-1-6(2-4-7)17-5-8(12)13/h1-4H,5H2,(H,12,13)(H3,10,11,14). The van der Waals surface area contributed by atoms with Crippen LogP contribution in [0.1, 0.15) is 0 Å². The molecule has 0 aliphatic carbocycles. The average Bonchev–Trinajstić information content (AvgIpc) is 2.25. The number of hydrogen-bond acceptors (Lipinski definition) is 5. The van der Waals surface area contributed by atoms with Crippen LogP contribution < -0.4 is 15.2 Å². The Labute approximate surface area is 102 Å². The van der Waals surface area contributed by atoms with Crippen LogP contribution in [0.5, 0.6) is 5.75 Å². The number of urea groups is 1. The minimum atomic E-state index is -4.00. The van der Waals surface area contributed by atoms with Gasteiger partial charge in [-0.25, -0.2) is 22.7 Å². The van der Waals surface area contributed by atoms with Crippen molar-refractivity contribution >= 4 is 22.0 Å². The van der Waals surface area contributed by atoms with Gasteiger partial charge in [-0.3, -0.25) is 0 Å². The minimum absolute atomic E-state index is 0.190. The molecule has 0 heterocycles. The Kier molecular flexibility index (Phi) is 4.10. The highest BCUT2D eigenvalue weighted by atomic mass is 32.2. The maximum atomic E-state index is 11.5. The van der Waals surface area contributed by atoms with Crippen LogP contribution in [0.25, 0.3) is 0 Å². The third-order valence-electron chi connectivity index (χ3n) is 1.73. The Morgan fingerprint density at radius 2 is 1.83 bits per heavy atom. The largest absolute Gasteiger partial charge is 0.482 e. The van der Waals surface area contributed by atoms with Crippen LogP contribution >= 0.6 is 0 Å². The van der Waals surface area contributed by atoms with Crippen molar-refractivity contribution in [3.05, 3.63) is 24.3 Å². The molecule has 4 N–H and O–H groups in total. The SMILES string of the molecule is NC(=O)NS(=O)(=O)c1ccc(OCC(=O)O)cc1. The van der Waals surface area contributed by atoms with Gasteiger partial charge in [0.1, 0.15) is 5.75 Å². The van der Waals surface area contributed by atoms with Crippen molar-refractivity contribution in [1.29, 1.82) is 0 Å². The minimum Gasteiger partial charge on any atom is -0.482 e. The van der Waals surface area contributed by atoms with Crippen molar-refractivity contribution in [2.75, 3.05) is 6.61 Å². The van der Waals surface area contributed by atoms with Crippen LogP contribution in [-0.4, -0.2) is 32.1 Å². The fourth-order valence-electron chi connectivity index (χ4n) is 1.05. The number of aliphatic carboxylic acids is 1. The molecule has 8 nitrogen and oxygen atoms in total. The highest BCUT2D eigenvalue weighted by Gasteiger charge is 2.15. The normalized spacial score (nSPS) is 10.7. The first-order valence-corrected chi connectivity index (χ1v) is 6.06. The quantitative estimate of drug-likeness (QED) is 0.662. The molecule has 9 heteroatoms. The number of carboxylic acid groups (broad SMARTS) is 1. The highest BCUT2D eigenvalue weighted by Crippen LogP contribution is 2.15. The molecule has 0 aliphatic rings. The summed E-state index contributed by atoms with van der Waals surface area (Å²) in [4.78, 5) is 20.5. The van der Waals surface area contributed by atoms with Gasteiger partial charge in [-0.2, -0.15) is 0 Å². The second-order valence-electron chi connectivity index (χ2n) is 3.12. The van der Waals surface area contributed by atoms with Gasteiger partial charge in [0.15, 0.2) is 6.61 Å². The fourth-order valence-corrected chi connectivity index (χ4v) is 1.93. The van der Waals surface area contributed by atoms with Crippen LogP contribution in [0.15, 0.2) is 29.2 Å². The van der Waals surface area contributed by atoms with Crippen molar-refractivity contribution in [2.24, 2.45) is 5.73 Å². The number of hydrogen-bond donors (Lipinski definition) is 3. The lowest BCUT2D eigenvalue weighted by Gasteiger charge is -2.06. The molecule has 0 unspecified atom stereocenters. The summed E-state index contributed by atoms with van der Waals surface area (Å²) in [7, 11) is -4.00. The summed E-state index contributed by atoms with van der Waals surface area (Å²) in [5.41, 5.74) is 4.71. The maximum Gasteiger partial charge on any atom is 0.341 e. The van der Waals surface area contributed by atoms with Crippen LogP contribution in [-0.2, 0) is 14.8 Å². The van der Waals surface area contributed by atoms with Gasteiger partial charge >= 0.3 is 12.0 Å². The number of nitrogens with two attached hydrogens (primary N) is 1. The molecular weight excluding hydrogens is 264 g/mol. The summed E-state index contributed by atoms with van der Waals surface area (Å²) < 4.78 is 29.3. The first-order chi connectivity index (χ1) is 8.31. The van der Waals surface area contributed by atoms with Crippen LogP contribution in [0, 0.1) is 0 Å². The summed E-state index contributed by atoms with van der Waals surface area (Å²) in [5.74, 6) is -0.961. The Hall–Kier alpha value is -2.29. The zero-order valence-electron chi connectivity index (χ0n) is 8.99. The molecular formula is C9H10N2O6S. The van der Waals surface area contributed by atoms with E-state index in [2.05, 4.69) is 0 Å². The van der Waals surface area contributed by atoms with E-state index in [1.165, 1.54) is 12.1 Å². The van der Waals surface area contributed by atoms with Gasteiger partial charge in [0.2, 0.25) is 0 Å². The number of primary amides is 1. The molecule has 18 heavy (non-hydrogen) atoms. The lowest BCUT2D eigenvalue weighted by molar-refractivity contribution is -0.139. The van der Waals surface area contributed by atoms with E-state index in [0.717, 1.165) is 12.1 Å². The number of amides is 2. The fraction of sp³-hybridized carbons (Fsp3) is 0.111. The van der Waals surface area contributed by atoms with Crippen LogP contribution in [0.4, 0.5) is 4.79 Å². The van der Waals surface area contributed by atoms with Gasteiger partial charge in [0.05, 0.1) is 4.90 Å². The zero-order valence-corrected chi connectivity index (χ0v) is 9.81. The number of ether oxygens (including phenoxy) is 1. The Balaban J connectivity index is 2.82. The van der Waals surface area contributed by atoms with E-state index in [-0.39, 0.29) is 10.6 Å². The maximum absolute atomic E-state index is 11.5. The molecule has 0 saturated carbocycles. The number of benzene rings is 1. The molecule has 0 fully saturated rings. The molecule has 1 aromatic carbocycles. The molecule has 0 spiro atoms. The third-order valence-corrected chi connectivity index (χ3v) is 3.09. The second-order valence-corrected chi connectivity index (χ2v) is 4.81. The third kappa shape index (κ3) is 3.94. The molecule has 0 aliphatic heterocycles. The van der Waals surface area contributed by atoms with Crippen molar-refractivity contribution in [3.8, 4) is 5.75 Å². The number of carboxylic acids is 1. The first kappa shape index (κ1) is 13.8. The Morgan fingerprint density at radius 3 is 2.28 bits per heavy atom. The van der Waals surface area contributed by atoms with E-state index in [1.54, 1.807) is 4.72 Å². The average molecular weight is 274 g/mol. The lowest BCUT2D eigenvalue weighted by Crippen LogP contribution is -2.34. The van der Waals surface area contributed by atoms with Crippen LogP contribution in [0.3, 0.4) is 0 Å². The number of nitrogens with one attached hydrogen (secondary N) is 1. The smallest absolute Gasteiger partial charge is 0.341 e. The molecule has 1 rings (SSSR count). The van der Waals surface area contributed by atoms with Gasteiger partial charge in [0.25, 0.3) is 10.0 Å². The van der Waals surface area contributed by atoms with E-state index in [1.807, 2.05) is 0 Å². The number of sulfonamides is 1. The first-order valence-electron chi connectivity index (χ1n) is 4.58. The predicted octanol–water partition coefficient (Wildman–Crippen LogP) is -0.493. The summed E-state index contributed by atoms with van der Waals surface area (Å²) in [6, 6.07) is 3.64. The van der Waals surface area contributed by atoms with E-state index in [4.69, 9.17) is 15.6 Å². The van der Waals surface area contributed by atoms with Gasteiger partial charge in [-0.05, 0) is 24.3 Å². The molecule has 1 aromatic rings. The molecule has 0 aromatic heterocycles.